The Labute approximate surface area is 120 Å². The predicted octanol–water partition coefficient (Wildman–Crippen LogP) is 5.65. The average molecular weight is 270 g/mol. The Morgan fingerprint density at radius 1 is 0.842 bits per heavy atom. The maximum absolute atomic E-state index is 11.4. The van der Waals surface area contributed by atoms with Crippen LogP contribution in [-0.4, -0.2) is 11.1 Å². The Morgan fingerprint density at radius 2 is 1.42 bits per heavy atom. The molecule has 0 aliphatic carbocycles. The van der Waals surface area contributed by atoms with Crippen LogP contribution in [0.3, 0.4) is 0 Å². The SMILES string of the molecule is CCCCCC(CCC)CC(CCCCC)C(=O)O. The first-order chi connectivity index (χ1) is 9.15. The molecule has 0 rings (SSSR count). The van der Waals surface area contributed by atoms with Crippen LogP contribution in [0.15, 0.2) is 0 Å². The van der Waals surface area contributed by atoms with Gasteiger partial charge in [-0.15, -0.1) is 0 Å². The monoisotopic (exact) mass is 270 g/mol. The molecule has 0 heterocycles. The summed E-state index contributed by atoms with van der Waals surface area (Å²) in [4.78, 5) is 11.4. The molecule has 0 aromatic carbocycles. The number of rotatable bonds is 13. The Morgan fingerprint density at radius 3 is 1.89 bits per heavy atom. The second kappa shape index (κ2) is 12.5. The van der Waals surface area contributed by atoms with Crippen molar-refractivity contribution in [3.05, 3.63) is 0 Å². The third-order valence-electron chi connectivity index (χ3n) is 4.04. The van der Waals surface area contributed by atoms with E-state index in [-0.39, 0.29) is 5.92 Å². The van der Waals surface area contributed by atoms with Crippen molar-refractivity contribution in [2.24, 2.45) is 11.8 Å². The van der Waals surface area contributed by atoms with E-state index in [1.165, 1.54) is 44.9 Å². The smallest absolute Gasteiger partial charge is 0.306 e. The van der Waals surface area contributed by atoms with Gasteiger partial charge in [0.1, 0.15) is 0 Å². The van der Waals surface area contributed by atoms with Gasteiger partial charge in [0.15, 0.2) is 0 Å². The van der Waals surface area contributed by atoms with Crippen molar-refractivity contribution in [2.45, 2.75) is 91.4 Å². The van der Waals surface area contributed by atoms with E-state index in [1.54, 1.807) is 0 Å². The predicted molar refractivity (Wildman–Crippen MR) is 82.4 cm³/mol. The molecule has 1 N–H and O–H groups in total. The molecule has 2 nitrogen and oxygen atoms in total. The largest absolute Gasteiger partial charge is 0.481 e. The van der Waals surface area contributed by atoms with Crippen LogP contribution in [0.4, 0.5) is 0 Å². The van der Waals surface area contributed by atoms with E-state index in [0.717, 1.165) is 25.7 Å². The number of hydrogen-bond acceptors (Lipinski definition) is 1. The van der Waals surface area contributed by atoms with Crippen molar-refractivity contribution in [3.63, 3.8) is 0 Å². The molecule has 114 valence electrons. The van der Waals surface area contributed by atoms with Gasteiger partial charge in [-0.3, -0.25) is 4.79 Å². The van der Waals surface area contributed by atoms with Gasteiger partial charge in [-0.2, -0.15) is 0 Å². The first-order valence-electron chi connectivity index (χ1n) is 8.38. The lowest BCUT2D eigenvalue weighted by atomic mass is 9.85. The number of carbonyl (C=O) groups is 1. The minimum Gasteiger partial charge on any atom is -0.481 e. The van der Waals surface area contributed by atoms with Crippen LogP contribution in [-0.2, 0) is 4.79 Å². The normalized spacial score (nSPS) is 14.3. The van der Waals surface area contributed by atoms with E-state index in [0.29, 0.717) is 5.92 Å². The Bertz CT molecular complexity index is 213. The highest BCUT2D eigenvalue weighted by molar-refractivity contribution is 5.69. The van der Waals surface area contributed by atoms with Crippen molar-refractivity contribution < 1.29 is 9.90 Å². The molecule has 0 aromatic rings. The molecule has 0 radical (unpaired) electrons. The number of carboxylic acid groups (broad SMARTS) is 1. The number of hydrogen-bond donors (Lipinski definition) is 1. The Kier molecular flexibility index (Phi) is 12.2. The first kappa shape index (κ1) is 18.5. The molecule has 0 spiro atoms. The standard InChI is InChI=1S/C17H34O2/c1-4-7-9-12-15(11-6-3)14-16(17(18)19)13-10-8-5-2/h15-16H,4-14H2,1-3H3,(H,18,19). The van der Waals surface area contributed by atoms with E-state index < -0.39 is 5.97 Å². The summed E-state index contributed by atoms with van der Waals surface area (Å²) in [5.74, 6) is -0.0586. The minimum absolute atomic E-state index is 0.107. The molecular weight excluding hydrogens is 236 g/mol. The van der Waals surface area contributed by atoms with Crippen LogP contribution in [0.2, 0.25) is 0 Å². The highest BCUT2D eigenvalue weighted by atomic mass is 16.4. The van der Waals surface area contributed by atoms with E-state index in [4.69, 9.17) is 0 Å². The lowest BCUT2D eigenvalue weighted by Gasteiger charge is -2.20. The fraction of sp³-hybridized carbons (Fsp3) is 0.941. The molecule has 0 fully saturated rings. The van der Waals surface area contributed by atoms with Crippen molar-refractivity contribution in [3.8, 4) is 0 Å². The van der Waals surface area contributed by atoms with Crippen LogP contribution < -0.4 is 0 Å². The minimum atomic E-state index is -0.576. The summed E-state index contributed by atoms with van der Waals surface area (Å²) in [6.45, 7) is 6.60. The van der Waals surface area contributed by atoms with Crippen LogP contribution in [0, 0.1) is 11.8 Å². The van der Waals surface area contributed by atoms with Gasteiger partial charge in [0, 0.05) is 0 Å². The van der Waals surface area contributed by atoms with E-state index in [9.17, 15) is 9.90 Å². The van der Waals surface area contributed by atoms with Gasteiger partial charge in [-0.25, -0.2) is 0 Å². The molecule has 2 heteroatoms. The van der Waals surface area contributed by atoms with Gasteiger partial charge in [-0.05, 0) is 18.8 Å². The zero-order valence-electron chi connectivity index (χ0n) is 13.3. The zero-order chi connectivity index (χ0) is 14.5. The van der Waals surface area contributed by atoms with Gasteiger partial charge in [0.25, 0.3) is 0 Å². The summed E-state index contributed by atoms with van der Waals surface area (Å²) in [5, 5.41) is 9.36. The van der Waals surface area contributed by atoms with Gasteiger partial charge < -0.3 is 5.11 Å². The summed E-state index contributed by atoms with van der Waals surface area (Å²) >= 11 is 0. The maximum atomic E-state index is 11.4. The average Bonchev–Trinajstić information content (AvgIpc) is 2.37. The Hall–Kier alpha value is -0.530. The van der Waals surface area contributed by atoms with Crippen molar-refractivity contribution in [1.29, 1.82) is 0 Å². The first-order valence-corrected chi connectivity index (χ1v) is 8.38. The summed E-state index contributed by atoms with van der Waals surface area (Å²) in [6.07, 6.45) is 12.6. The fourth-order valence-electron chi connectivity index (χ4n) is 2.86. The molecule has 19 heavy (non-hydrogen) atoms. The van der Waals surface area contributed by atoms with E-state index >= 15 is 0 Å². The van der Waals surface area contributed by atoms with Gasteiger partial charge in [-0.1, -0.05) is 78.6 Å². The second-order valence-corrected chi connectivity index (χ2v) is 5.92. The van der Waals surface area contributed by atoms with Gasteiger partial charge in [0.2, 0.25) is 0 Å². The maximum Gasteiger partial charge on any atom is 0.306 e. The number of aliphatic carboxylic acids is 1. The Balaban J connectivity index is 4.17. The lowest BCUT2D eigenvalue weighted by molar-refractivity contribution is -0.142. The summed E-state index contributed by atoms with van der Waals surface area (Å²) < 4.78 is 0. The van der Waals surface area contributed by atoms with E-state index in [2.05, 4.69) is 20.8 Å². The van der Waals surface area contributed by atoms with Gasteiger partial charge >= 0.3 is 5.97 Å². The van der Waals surface area contributed by atoms with Crippen LogP contribution >= 0.6 is 0 Å². The number of carboxylic acids is 1. The third kappa shape index (κ3) is 9.98. The van der Waals surface area contributed by atoms with Gasteiger partial charge in [0.05, 0.1) is 5.92 Å². The molecule has 0 saturated carbocycles. The molecule has 0 amide bonds. The van der Waals surface area contributed by atoms with Crippen molar-refractivity contribution >= 4 is 5.97 Å². The van der Waals surface area contributed by atoms with Crippen LogP contribution in [0.1, 0.15) is 91.4 Å². The topological polar surface area (TPSA) is 37.3 Å². The molecule has 0 aliphatic rings. The van der Waals surface area contributed by atoms with Crippen molar-refractivity contribution in [2.75, 3.05) is 0 Å². The molecule has 0 bridgehead atoms. The summed E-state index contributed by atoms with van der Waals surface area (Å²) in [5.41, 5.74) is 0. The second-order valence-electron chi connectivity index (χ2n) is 5.92. The summed E-state index contributed by atoms with van der Waals surface area (Å²) in [6, 6.07) is 0. The molecular formula is C17H34O2. The van der Waals surface area contributed by atoms with E-state index in [1.807, 2.05) is 0 Å². The third-order valence-corrected chi connectivity index (χ3v) is 4.04. The van der Waals surface area contributed by atoms with Crippen LogP contribution in [0.25, 0.3) is 0 Å². The number of unbranched alkanes of at least 4 members (excludes halogenated alkanes) is 4. The molecule has 2 unspecified atom stereocenters. The quantitative estimate of drug-likeness (QED) is 0.439. The van der Waals surface area contributed by atoms with Crippen LogP contribution in [0.5, 0.6) is 0 Å². The summed E-state index contributed by atoms with van der Waals surface area (Å²) in [7, 11) is 0. The highest BCUT2D eigenvalue weighted by Gasteiger charge is 2.21. The molecule has 0 aliphatic heterocycles. The molecule has 0 aromatic heterocycles. The lowest BCUT2D eigenvalue weighted by Crippen LogP contribution is -2.18. The fourth-order valence-corrected chi connectivity index (χ4v) is 2.86. The molecule has 0 saturated heterocycles. The highest BCUT2D eigenvalue weighted by Crippen LogP contribution is 2.26. The molecule has 2 atom stereocenters. The zero-order valence-corrected chi connectivity index (χ0v) is 13.3. The van der Waals surface area contributed by atoms with Crippen molar-refractivity contribution in [1.82, 2.24) is 0 Å².